The number of carbonyl (C=O) groups is 2. The van der Waals surface area contributed by atoms with Crippen LogP contribution in [0, 0.1) is 6.92 Å². The molecular formula is C27H29ClN2O4. The molecule has 3 aromatic rings. The molecule has 178 valence electrons. The number of hydrogen-bond donors (Lipinski definition) is 2. The predicted molar refractivity (Wildman–Crippen MR) is 130 cm³/mol. The van der Waals surface area contributed by atoms with E-state index in [9.17, 15) is 14.7 Å². The van der Waals surface area contributed by atoms with Gasteiger partial charge < -0.3 is 15.3 Å². The van der Waals surface area contributed by atoms with Crippen molar-refractivity contribution in [1.82, 2.24) is 4.98 Å². The highest BCUT2D eigenvalue weighted by atomic mass is 35.5. The zero-order valence-electron chi connectivity index (χ0n) is 19.2. The van der Waals surface area contributed by atoms with Gasteiger partial charge in [0.2, 0.25) is 5.91 Å². The van der Waals surface area contributed by atoms with Gasteiger partial charge >= 0.3 is 5.97 Å². The number of halogens is 1. The number of nitrogens with two attached hydrogens (primary N) is 1. The number of carbonyl (C=O) groups excluding carboxylic acids is 1. The maximum Gasteiger partial charge on any atom is 0.303 e. The van der Waals surface area contributed by atoms with Gasteiger partial charge in [0.05, 0.1) is 6.20 Å². The molecule has 2 aromatic carbocycles. The number of oxazole rings is 1. The smallest absolute Gasteiger partial charge is 0.303 e. The normalized spacial score (nSPS) is 17.7. The Kier molecular flexibility index (Phi) is 7.37. The number of rotatable bonds is 9. The number of hydrogen-bond acceptors (Lipinski definition) is 4. The molecule has 7 heteroatoms. The maximum absolute atomic E-state index is 12.8. The van der Waals surface area contributed by atoms with E-state index in [2.05, 4.69) is 4.98 Å². The summed E-state index contributed by atoms with van der Waals surface area (Å²) in [6, 6.07) is 9.63. The number of nitrogens with zero attached hydrogens (tertiary/aromatic N) is 1. The van der Waals surface area contributed by atoms with Crippen LogP contribution in [0.4, 0.5) is 0 Å². The van der Waals surface area contributed by atoms with E-state index >= 15 is 0 Å². The summed E-state index contributed by atoms with van der Waals surface area (Å²) < 4.78 is 5.65. The van der Waals surface area contributed by atoms with Crippen LogP contribution in [0.1, 0.15) is 81.6 Å². The van der Waals surface area contributed by atoms with E-state index in [4.69, 9.17) is 21.8 Å². The quantitative estimate of drug-likeness (QED) is 0.415. The molecular weight excluding hydrogens is 452 g/mol. The zero-order valence-corrected chi connectivity index (χ0v) is 20.0. The van der Waals surface area contributed by atoms with Crippen LogP contribution in [0.2, 0.25) is 5.02 Å². The molecule has 0 aliphatic heterocycles. The van der Waals surface area contributed by atoms with Crippen LogP contribution in [0.3, 0.4) is 0 Å². The average Bonchev–Trinajstić information content (AvgIpc) is 3.49. The molecule has 1 aliphatic rings. The third kappa shape index (κ3) is 5.17. The molecule has 1 aromatic heterocycles. The highest BCUT2D eigenvalue weighted by Crippen LogP contribution is 2.48. The molecule has 1 aliphatic carbocycles. The topological polar surface area (TPSA) is 106 Å². The number of amides is 1. The number of primary amides is 1. The van der Waals surface area contributed by atoms with Gasteiger partial charge in [0.1, 0.15) is 6.26 Å². The Morgan fingerprint density at radius 1 is 1.12 bits per heavy atom. The fourth-order valence-corrected chi connectivity index (χ4v) is 5.45. The Hall–Kier alpha value is -3.12. The van der Waals surface area contributed by atoms with Crippen molar-refractivity contribution in [2.45, 2.75) is 63.7 Å². The Labute approximate surface area is 204 Å². The van der Waals surface area contributed by atoms with Crippen LogP contribution in [-0.4, -0.2) is 22.0 Å². The molecule has 0 saturated heterocycles. The molecule has 1 amide bonds. The second-order valence-corrected chi connectivity index (χ2v) is 9.44. The molecule has 4 rings (SSSR count). The lowest BCUT2D eigenvalue weighted by Crippen LogP contribution is -2.22. The predicted octanol–water partition coefficient (Wildman–Crippen LogP) is 5.59. The number of carboxylic acid groups (broad SMARTS) is 1. The lowest BCUT2D eigenvalue weighted by molar-refractivity contribution is -0.136. The van der Waals surface area contributed by atoms with Crippen molar-refractivity contribution in [3.63, 3.8) is 0 Å². The molecule has 34 heavy (non-hydrogen) atoms. The Morgan fingerprint density at radius 3 is 2.50 bits per heavy atom. The molecule has 0 bridgehead atoms. The molecule has 1 heterocycles. The van der Waals surface area contributed by atoms with Crippen molar-refractivity contribution in [3.8, 4) is 0 Å². The first-order valence-corrected chi connectivity index (χ1v) is 12.0. The first-order chi connectivity index (χ1) is 16.3. The van der Waals surface area contributed by atoms with Gasteiger partial charge in [0.25, 0.3) is 0 Å². The summed E-state index contributed by atoms with van der Waals surface area (Å²) in [5.41, 5.74) is 11.4. The van der Waals surface area contributed by atoms with Crippen LogP contribution in [0.25, 0.3) is 0 Å². The van der Waals surface area contributed by atoms with Crippen LogP contribution in [0.15, 0.2) is 47.2 Å². The van der Waals surface area contributed by atoms with Crippen LogP contribution < -0.4 is 5.73 Å². The standard InChI is InChI=1S/C27H29ClN2O4/c1-16-18(9-12-23(31)32)15-19(8-5-17-6-10-20(28)11-7-17)25(26(29)33)24(16)21-3-2-4-22(21)27-30-13-14-34-27/h6-7,10-11,13-15,21-22H,2-5,8-9,12H2,1H3,(H2,29,33)(H,31,32). The zero-order chi connectivity index (χ0) is 24.2. The number of benzene rings is 2. The van der Waals surface area contributed by atoms with E-state index in [1.54, 1.807) is 12.5 Å². The van der Waals surface area contributed by atoms with Crippen LogP contribution in [-0.2, 0) is 24.1 Å². The van der Waals surface area contributed by atoms with Crippen molar-refractivity contribution in [3.05, 3.63) is 87.1 Å². The molecule has 3 N–H and O–H groups in total. The molecule has 6 nitrogen and oxygen atoms in total. The van der Waals surface area contributed by atoms with Gasteiger partial charge in [-0.2, -0.15) is 0 Å². The SMILES string of the molecule is Cc1c(CCC(=O)O)cc(CCc2ccc(Cl)cc2)c(C(N)=O)c1C1CCCC1c1ncco1. The van der Waals surface area contributed by atoms with E-state index in [1.807, 2.05) is 37.3 Å². The van der Waals surface area contributed by atoms with Crippen molar-refractivity contribution in [1.29, 1.82) is 0 Å². The summed E-state index contributed by atoms with van der Waals surface area (Å²) in [6.07, 6.45) is 7.79. The summed E-state index contributed by atoms with van der Waals surface area (Å²) in [6.45, 7) is 1.98. The summed E-state index contributed by atoms with van der Waals surface area (Å²) >= 11 is 6.02. The van der Waals surface area contributed by atoms with Gasteiger partial charge in [-0.25, -0.2) is 4.98 Å². The first-order valence-electron chi connectivity index (χ1n) is 11.7. The van der Waals surface area contributed by atoms with Gasteiger partial charge in [-0.15, -0.1) is 0 Å². The third-order valence-electron chi connectivity index (χ3n) is 6.93. The largest absolute Gasteiger partial charge is 0.481 e. The molecule has 1 fully saturated rings. The molecule has 2 unspecified atom stereocenters. The molecule has 0 radical (unpaired) electrons. The third-order valence-corrected chi connectivity index (χ3v) is 7.18. The van der Waals surface area contributed by atoms with Gasteiger partial charge in [-0.05, 0) is 84.9 Å². The molecule has 0 spiro atoms. The second-order valence-electron chi connectivity index (χ2n) is 9.01. The number of aromatic nitrogens is 1. The highest BCUT2D eigenvalue weighted by Gasteiger charge is 2.37. The van der Waals surface area contributed by atoms with Crippen LogP contribution in [0.5, 0.6) is 0 Å². The van der Waals surface area contributed by atoms with E-state index in [0.29, 0.717) is 35.7 Å². The number of aryl methyl sites for hydroxylation is 3. The Balaban J connectivity index is 1.79. The minimum atomic E-state index is -0.846. The van der Waals surface area contributed by atoms with E-state index in [1.165, 1.54) is 0 Å². The first kappa shape index (κ1) is 24.0. The van der Waals surface area contributed by atoms with E-state index in [-0.39, 0.29) is 18.3 Å². The fourth-order valence-electron chi connectivity index (χ4n) is 5.33. The Bertz CT molecular complexity index is 1170. The molecule has 1 saturated carbocycles. The fraction of sp³-hybridized carbons (Fsp3) is 0.370. The number of aliphatic carboxylic acids is 1. The lowest BCUT2D eigenvalue weighted by Gasteiger charge is -2.26. The average molecular weight is 481 g/mol. The summed E-state index contributed by atoms with van der Waals surface area (Å²) in [5, 5.41) is 9.97. The highest BCUT2D eigenvalue weighted by molar-refractivity contribution is 6.30. The van der Waals surface area contributed by atoms with Gasteiger partial charge in [0, 0.05) is 22.9 Å². The molecule has 2 atom stereocenters. The van der Waals surface area contributed by atoms with Crippen molar-refractivity contribution < 1.29 is 19.1 Å². The van der Waals surface area contributed by atoms with Gasteiger partial charge in [-0.1, -0.05) is 36.2 Å². The summed E-state index contributed by atoms with van der Waals surface area (Å²) in [7, 11) is 0. The summed E-state index contributed by atoms with van der Waals surface area (Å²) in [4.78, 5) is 28.6. The second kappa shape index (κ2) is 10.4. The van der Waals surface area contributed by atoms with E-state index in [0.717, 1.165) is 47.1 Å². The minimum absolute atomic E-state index is 0.0284. The van der Waals surface area contributed by atoms with E-state index < -0.39 is 11.9 Å². The van der Waals surface area contributed by atoms with Crippen molar-refractivity contribution in [2.24, 2.45) is 5.73 Å². The van der Waals surface area contributed by atoms with Gasteiger partial charge in [0.15, 0.2) is 5.89 Å². The van der Waals surface area contributed by atoms with Crippen molar-refractivity contribution in [2.75, 3.05) is 0 Å². The summed E-state index contributed by atoms with van der Waals surface area (Å²) in [5.74, 6) is -0.518. The number of carboxylic acids is 1. The lowest BCUT2D eigenvalue weighted by atomic mass is 9.78. The van der Waals surface area contributed by atoms with Gasteiger partial charge in [-0.3, -0.25) is 9.59 Å². The Morgan fingerprint density at radius 2 is 1.85 bits per heavy atom. The minimum Gasteiger partial charge on any atom is -0.481 e. The van der Waals surface area contributed by atoms with Crippen molar-refractivity contribution >= 4 is 23.5 Å². The monoisotopic (exact) mass is 480 g/mol. The maximum atomic E-state index is 12.8. The van der Waals surface area contributed by atoms with Crippen LogP contribution >= 0.6 is 11.6 Å².